The Kier molecular flexibility index (Phi) is 5.85. The van der Waals surface area contributed by atoms with E-state index in [1.54, 1.807) is 6.08 Å². The fraction of sp³-hybridized carbons (Fsp3) is 0.875. The van der Waals surface area contributed by atoms with E-state index in [-0.39, 0.29) is 12.2 Å². The molecule has 1 unspecified atom stereocenters. The first-order valence-corrected chi connectivity index (χ1v) is 11.8. The molecule has 0 aromatic heterocycles. The van der Waals surface area contributed by atoms with Crippen molar-refractivity contribution in [3.8, 4) is 0 Å². The van der Waals surface area contributed by atoms with E-state index in [9.17, 15) is 15.3 Å². The monoisotopic (exact) mass is 330 g/mol. The lowest BCUT2D eigenvalue weighted by Crippen LogP contribution is -2.63. The van der Waals surface area contributed by atoms with Crippen LogP contribution in [0.25, 0.3) is 0 Å². The van der Waals surface area contributed by atoms with Gasteiger partial charge in [0.2, 0.25) is 0 Å². The molecule has 2 aliphatic rings. The number of hydrogen-bond acceptors (Lipinski definition) is 5. The third kappa shape index (κ3) is 4.18. The topological polar surface area (TPSA) is 79.2 Å². The van der Waals surface area contributed by atoms with Crippen molar-refractivity contribution >= 4 is 8.07 Å². The Balaban J connectivity index is 2.05. The van der Waals surface area contributed by atoms with Crippen LogP contribution in [-0.4, -0.2) is 66.1 Å². The summed E-state index contributed by atoms with van der Waals surface area (Å²) in [4.78, 5) is 0. The van der Waals surface area contributed by atoms with Crippen molar-refractivity contribution in [2.24, 2.45) is 0 Å². The van der Waals surface area contributed by atoms with Gasteiger partial charge in [-0.25, -0.2) is 0 Å². The number of rotatable bonds is 4. The normalized spacial score (nSPS) is 41.4. The molecule has 5 nitrogen and oxygen atoms in total. The molecule has 0 aromatic carbocycles. The molecule has 0 spiro atoms. The van der Waals surface area contributed by atoms with Gasteiger partial charge in [-0.2, -0.15) is 0 Å². The molecule has 0 amide bonds. The minimum atomic E-state index is -1.44. The highest BCUT2D eigenvalue weighted by Gasteiger charge is 2.49. The van der Waals surface area contributed by atoms with Crippen LogP contribution >= 0.6 is 0 Å². The van der Waals surface area contributed by atoms with E-state index in [4.69, 9.17) is 9.47 Å². The second-order valence-electron chi connectivity index (χ2n) is 7.54. The minimum absolute atomic E-state index is 0.111. The number of aliphatic hydroxyl groups is 3. The lowest BCUT2D eigenvalue weighted by atomic mass is 9.87. The molecular weight excluding hydrogens is 300 g/mol. The highest BCUT2D eigenvalue weighted by atomic mass is 28.3. The van der Waals surface area contributed by atoms with Crippen LogP contribution in [0.3, 0.4) is 0 Å². The Morgan fingerprint density at radius 3 is 2.41 bits per heavy atom. The molecule has 0 aromatic rings. The van der Waals surface area contributed by atoms with Crippen LogP contribution in [-0.2, 0) is 9.47 Å². The maximum absolute atomic E-state index is 10.4. The highest BCUT2D eigenvalue weighted by Crippen LogP contribution is 2.33. The van der Waals surface area contributed by atoms with Crippen molar-refractivity contribution in [3.63, 3.8) is 0 Å². The van der Waals surface area contributed by atoms with Gasteiger partial charge in [-0.1, -0.05) is 38.3 Å². The molecule has 0 aliphatic carbocycles. The molecule has 0 bridgehead atoms. The molecule has 128 valence electrons. The van der Waals surface area contributed by atoms with Gasteiger partial charge in [0, 0.05) is 0 Å². The number of fused-ring (bicyclic) bond motifs is 1. The summed E-state index contributed by atoms with van der Waals surface area (Å²) in [5, 5.41) is 31.0. The van der Waals surface area contributed by atoms with Crippen LogP contribution in [0.2, 0.25) is 19.6 Å². The van der Waals surface area contributed by atoms with Crippen molar-refractivity contribution in [2.75, 3.05) is 0 Å². The average molecular weight is 330 g/mol. The molecule has 6 heteroatoms. The molecule has 2 saturated heterocycles. The standard InChI is InChI=1S/C16H30O5Si/c1-5-10-6-7-12-16(20-10)14(19)13(18)15(21-12)11(17)8-9-22(2,3)4/h8-19H,5-7H2,1-4H3/t10-,11-,12-,13?,14+,15-,16-/m0/s1. The van der Waals surface area contributed by atoms with E-state index in [1.807, 2.05) is 12.6 Å². The number of ether oxygens (including phenoxy) is 2. The number of hydrogen-bond donors (Lipinski definition) is 3. The largest absolute Gasteiger partial charge is 0.387 e. The third-order valence-electron chi connectivity index (χ3n) is 4.43. The fourth-order valence-corrected chi connectivity index (χ4v) is 3.86. The maximum Gasteiger partial charge on any atom is 0.116 e. The Morgan fingerprint density at radius 2 is 1.82 bits per heavy atom. The molecule has 0 radical (unpaired) electrons. The highest BCUT2D eigenvalue weighted by molar-refractivity contribution is 6.80. The lowest BCUT2D eigenvalue weighted by molar-refractivity contribution is -0.274. The molecule has 2 heterocycles. The van der Waals surface area contributed by atoms with Crippen molar-refractivity contribution in [2.45, 2.75) is 88.6 Å². The predicted molar refractivity (Wildman–Crippen MR) is 87.4 cm³/mol. The van der Waals surface area contributed by atoms with Gasteiger partial charge >= 0.3 is 0 Å². The first kappa shape index (κ1) is 18.1. The van der Waals surface area contributed by atoms with Crippen LogP contribution in [0.5, 0.6) is 0 Å². The Bertz CT molecular complexity index is 392. The van der Waals surface area contributed by atoms with Crippen molar-refractivity contribution in [1.82, 2.24) is 0 Å². The van der Waals surface area contributed by atoms with E-state index in [1.165, 1.54) is 0 Å². The summed E-state index contributed by atoms with van der Waals surface area (Å²) in [6, 6.07) is 0. The van der Waals surface area contributed by atoms with Gasteiger partial charge in [0.05, 0.1) is 20.3 Å². The summed E-state index contributed by atoms with van der Waals surface area (Å²) >= 11 is 0. The zero-order valence-corrected chi connectivity index (χ0v) is 15.0. The van der Waals surface area contributed by atoms with Crippen LogP contribution < -0.4 is 0 Å². The molecule has 2 rings (SSSR count). The lowest BCUT2D eigenvalue weighted by Gasteiger charge is -2.47. The van der Waals surface area contributed by atoms with E-state index >= 15 is 0 Å². The SMILES string of the molecule is CC[C@H]1CC[C@@H]2O[C@@H]([C@@H](O)C=C[Si](C)(C)C)C(O)[C@@H](O)[C@H]2O1. The number of aliphatic hydroxyl groups excluding tert-OH is 3. The molecule has 3 N–H and O–H groups in total. The Morgan fingerprint density at radius 1 is 1.14 bits per heavy atom. The van der Waals surface area contributed by atoms with Crippen LogP contribution in [0, 0.1) is 0 Å². The van der Waals surface area contributed by atoms with Crippen molar-refractivity contribution in [1.29, 1.82) is 0 Å². The fourth-order valence-electron chi connectivity index (χ4n) is 3.09. The Hall–Kier alpha value is -0.243. The van der Waals surface area contributed by atoms with Gasteiger partial charge in [-0.05, 0) is 19.3 Å². The van der Waals surface area contributed by atoms with Crippen LogP contribution in [0.15, 0.2) is 11.8 Å². The van der Waals surface area contributed by atoms with Gasteiger partial charge in [0.1, 0.15) is 30.5 Å². The van der Waals surface area contributed by atoms with Gasteiger partial charge < -0.3 is 24.8 Å². The van der Waals surface area contributed by atoms with E-state index in [0.29, 0.717) is 0 Å². The first-order valence-electron chi connectivity index (χ1n) is 8.27. The molecule has 2 aliphatic heterocycles. The second kappa shape index (κ2) is 7.11. The molecule has 7 atom stereocenters. The summed E-state index contributed by atoms with van der Waals surface area (Å²) in [6.45, 7) is 8.54. The van der Waals surface area contributed by atoms with Crippen LogP contribution in [0.1, 0.15) is 26.2 Å². The Labute approximate surface area is 134 Å². The summed E-state index contributed by atoms with van der Waals surface area (Å²) in [5.41, 5.74) is 2.02. The average Bonchev–Trinajstić information content (AvgIpc) is 2.47. The van der Waals surface area contributed by atoms with Crippen LogP contribution in [0.4, 0.5) is 0 Å². The zero-order chi connectivity index (χ0) is 16.5. The predicted octanol–water partition coefficient (Wildman–Crippen LogP) is 1.23. The van der Waals surface area contributed by atoms with Gasteiger partial charge in [0.25, 0.3) is 0 Å². The minimum Gasteiger partial charge on any atom is -0.387 e. The quantitative estimate of drug-likeness (QED) is 0.676. The first-order chi connectivity index (χ1) is 10.2. The second-order valence-corrected chi connectivity index (χ2v) is 12.6. The molecule has 22 heavy (non-hydrogen) atoms. The molecular formula is C16H30O5Si. The summed E-state index contributed by atoms with van der Waals surface area (Å²) in [5.74, 6) is 0. The molecule has 0 saturated carbocycles. The zero-order valence-electron chi connectivity index (χ0n) is 14.0. The maximum atomic E-state index is 10.4. The van der Waals surface area contributed by atoms with E-state index in [2.05, 4.69) is 19.6 Å². The van der Waals surface area contributed by atoms with E-state index < -0.39 is 38.6 Å². The van der Waals surface area contributed by atoms with E-state index in [0.717, 1.165) is 19.3 Å². The van der Waals surface area contributed by atoms with Gasteiger partial charge in [-0.3, -0.25) is 0 Å². The van der Waals surface area contributed by atoms with Gasteiger partial charge in [-0.15, -0.1) is 0 Å². The summed E-state index contributed by atoms with van der Waals surface area (Å²) < 4.78 is 11.7. The molecule has 2 fully saturated rings. The third-order valence-corrected chi connectivity index (χ3v) is 5.62. The van der Waals surface area contributed by atoms with Gasteiger partial charge in [0.15, 0.2) is 0 Å². The van der Waals surface area contributed by atoms with Crippen molar-refractivity contribution in [3.05, 3.63) is 11.8 Å². The smallest absolute Gasteiger partial charge is 0.116 e. The summed E-state index contributed by atoms with van der Waals surface area (Å²) in [6.07, 6.45) is -0.276. The summed E-state index contributed by atoms with van der Waals surface area (Å²) in [7, 11) is -1.44. The van der Waals surface area contributed by atoms with Crippen molar-refractivity contribution < 1.29 is 24.8 Å².